The summed E-state index contributed by atoms with van der Waals surface area (Å²) >= 11 is 4.45. The second kappa shape index (κ2) is 6.22. The zero-order valence-corrected chi connectivity index (χ0v) is 9.72. The van der Waals surface area contributed by atoms with Gasteiger partial charge in [0.15, 0.2) is 0 Å². The molecule has 0 bridgehead atoms. The first-order valence-electron chi connectivity index (χ1n) is 4.87. The zero-order valence-electron chi connectivity index (χ0n) is 8.91. The molecule has 5 nitrogen and oxygen atoms in total. The number of rotatable bonds is 5. The largest absolute Gasteiger partial charge is 0.390 e. The fourth-order valence-corrected chi connectivity index (χ4v) is 1.44. The standard InChI is InChI=1S/C11H12N2O3S/c12-10(15)5-9(14)11(16)7-1-3-8(4-2-7)13-6-17/h1-4,9,11,14,16H,5H2,(H2,12,15). The Labute approximate surface area is 104 Å². The van der Waals surface area contributed by atoms with Crippen molar-refractivity contribution in [2.24, 2.45) is 10.7 Å². The molecule has 1 aromatic rings. The predicted molar refractivity (Wildman–Crippen MR) is 65.9 cm³/mol. The molecule has 17 heavy (non-hydrogen) atoms. The quantitative estimate of drug-likeness (QED) is 0.530. The lowest BCUT2D eigenvalue weighted by atomic mass is 10.0. The number of aliphatic hydroxyl groups is 2. The van der Waals surface area contributed by atoms with Crippen LogP contribution >= 0.6 is 12.2 Å². The topological polar surface area (TPSA) is 95.9 Å². The van der Waals surface area contributed by atoms with Crippen LogP contribution in [0.5, 0.6) is 0 Å². The maximum atomic E-state index is 10.6. The lowest BCUT2D eigenvalue weighted by molar-refractivity contribution is -0.121. The molecule has 90 valence electrons. The first-order valence-corrected chi connectivity index (χ1v) is 5.27. The summed E-state index contributed by atoms with van der Waals surface area (Å²) in [5.41, 5.74) is 6.00. The van der Waals surface area contributed by atoms with Crippen molar-refractivity contribution in [3.05, 3.63) is 29.8 Å². The number of thiocarbonyl (C=S) groups is 1. The molecule has 1 rings (SSSR count). The fourth-order valence-electron chi connectivity index (χ4n) is 1.34. The summed E-state index contributed by atoms with van der Waals surface area (Å²) in [6, 6.07) is 6.41. The second-order valence-electron chi connectivity index (χ2n) is 3.48. The summed E-state index contributed by atoms with van der Waals surface area (Å²) in [7, 11) is 0. The molecule has 0 fully saturated rings. The van der Waals surface area contributed by atoms with Crippen molar-refractivity contribution in [2.45, 2.75) is 18.6 Å². The minimum absolute atomic E-state index is 0.291. The summed E-state index contributed by atoms with van der Waals surface area (Å²) in [4.78, 5) is 14.3. The highest BCUT2D eigenvalue weighted by molar-refractivity contribution is 7.78. The third-order valence-corrected chi connectivity index (χ3v) is 2.28. The molecule has 0 saturated carbocycles. The number of aliphatic imine (C=N–C) groups is 1. The summed E-state index contributed by atoms with van der Waals surface area (Å²) in [6.45, 7) is 0. The van der Waals surface area contributed by atoms with Crippen LogP contribution in [0, 0.1) is 0 Å². The molecule has 0 saturated heterocycles. The number of amides is 1. The van der Waals surface area contributed by atoms with Crippen LogP contribution < -0.4 is 5.73 Å². The molecule has 1 aromatic carbocycles. The molecule has 6 heteroatoms. The molecule has 0 heterocycles. The van der Waals surface area contributed by atoms with Crippen molar-refractivity contribution in [1.29, 1.82) is 0 Å². The van der Waals surface area contributed by atoms with Crippen molar-refractivity contribution in [1.82, 2.24) is 0 Å². The molecule has 0 aliphatic carbocycles. The molecular formula is C11H12N2O3S. The van der Waals surface area contributed by atoms with Crippen molar-refractivity contribution in [3.8, 4) is 0 Å². The Balaban J connectivity index is 2.78. The molecule has 0 aromatic heterocycles. The van der Waals surface area contributed by atoms with E-state index in [1.165, 1.54) is 0 Å². The molecule has 0 aliphatic heterocycles. The van der Waals surface area contributed by atoms with Crippen LogP contribution in [0.25, 0.3) is 0 Å². The van der Waals surface area contributed by atoms with E-state index in [9.17, 15) is 15.0 Å². The van der Waals surface area contributed by atoms with Crippen LogP contribution in [0.15, 0.2) is 29.3 Å². The van der Waals surface area contributed by atoms with E-state index in [4.69, 9.17) is 5.73 Å². The van der Waals surface area contributed by atoms with Crippen molar-refractivity contribution >= 4 is 29.0 Å². The zero-order chi connectivity index (χ0) is 12.8. The lowest BCUT2D eigenvalue weighted by Gasteiger charge is -2.16. The van der Waals surface area contributed by atoms with Gasteiger partial charge in [0.2, 0.25) is 5.91 Å². The van der Waals surface area contributed by atoms with E-state index < -0.39 is 18.1 Å². The van der Waals surface area contributed by atoms with Gasteiger partial charge < -0.3 is 15.9 Å². The highest BCUT2D eigenvalue weighted by Crippen LogP contribution is 2.21. The number of nitrogens with zero attached hydrogens (tertiary/aromatic N) is 1. The van der Waals surface area contributed by atoms with Gasteiger partial charge >= 0.3 is 0 Å². The number of benzene rings is 1. The fraction of sp³-hybridized carbons (Fsp3) is 0.273. The monoisotopic (exact) mass is 252 g/mol. The summed E-state index contributed by atoms with van der Waals surface area (Å²) in [5.74, 6) is -0.668. The van der Waals surface area contributed by atoms with E-state index in [0.29, 0.717) is 11.3 Å². The van der Waals surface area contributed by atoms with Crippen LogP contribution in [-0.4, -0.2) is 27.4 Å². The Morgan fingerprint density at radius 3 is 2.47 bits per heavy atom. The van der Waals surface area contributed by atoms with Crippen molar-refractivity contribution in [2.75, 3.05) is 0 Å². The number of isothiocyanates is 1. The van der Waals surface area contributed by atoms with E-state index in [1.807, 2.05) is 0 Å². The Hall–Kier alpha value is -1.59. The number of carbonyl (C=O) groups excluding carboxylic acids is 1. The van der Waals surface area contributed by atoms with Gasteiger partial charge in [-0.05, 0) is 29.9 Å². The van der Waals surface area contributed by atoms with Crippen LogP contribution in [-0.2, 0) is 4.79 Å². The van der Waals surface area contributed by atoms with Gasteiger partial charge in [0.05, 0.1) is 23.4 Å². The average Bonchev–Trinajstić information content (AvgIpc) is 2.28. The molecule has 0 spiro atoms. The molecule has 4 N–H and O–H groups in total. The van der Waals surface area contributed by atoms with E-state index in [1.54, 1.807) is 24.3 Å². The van der Waals surface area contributed by atoms with Gasteiger partial charge in [0, 0.05) is 0 Å². The van der Waals surface area contributed by atoms with Crippen molar-refractivity contribution in [3.63, 3.8) is 0 Å². The first-order chi connectivity index (χ1) is 8.04. The van der Waals surface area contributed by atoms with Gasteiger partial charge in [-0.2, -0.15) is 4.99 Å². The molecule has 0 aliphatic rings. The van der Waals surface area contributed by atoms with Crippen molar-refractivity contribution < 1.29 is 15.0 Å². The average molecular weight is 252 g/mol. The van der Waals surface area contributed by atoms with Gasteiger partial charge in [-0.1, -0.05) is 12.1 Å². The molecular weight excluding hydrogens is 240 g/mol. The Morgan fingerprint density at radius 1 is 1.41 bits per heavy atom. The second-order valence-corrected chi connectivity index (χ2v) is 3.66. The predicted octanol–water partition coefficient (Wildman–Crippen LogP) is 0.691. The number of aliphatic hydroxyl groups excluding tert-OH is 2. The lowest BCUT2D eigenvalue weighted by Crippen LogP contribution is -2.25. The van der Waals surface area contributed by atoms with Gasteiger partial charge in [-0.25, -0.2) is 0 Å². The highest BCUT2D eigenvalue weighted by atomic mass is 32.1. The van der Waals surface area contributed by atoms with E-state index in [2.05, 4.69) is 22.4 Å². The van der Waals surface area contributed by atoms with Gasteiger partial charge in [0.1, 0.15) is 6.10 Å². The molecule has 0 radical (unpaired) electrons. The van der Waals surface area contributed by atoms with Gasteiger partial charge in [-0.15, -0.1) is 0 Å². The summed E-state index contributed by atoms with van der Waals surface area (Å²) < 4.78 is 0. The third-order valence-electron chi connectivity index (χ3n) is 2.18. The SMILES string of the molecule is NC(=O)CC(O)C(O)c1ccc(N=C=S)cc1. The summed E-state index contributed by atoms with van der Waals surface area (Å²) in [5, 5.41) is 21.5. The highest BCUT2D eigenvalue weighted by Gasteiger charge is 2.20. The number of hydrogen-bond acceptors (Lipinski definition) is 5. The molecule has 1 amide bonds. The number of carbonyl (C=O) groups is 1. The van der Waals surface area contributed by atoms with Crippen LogP contribution in [0.1, 0.15) is 18.1 Å². The smallest absolute Gasteiger partial charge is 0.220 e. The Morgan fingerprint density at radius 2 is 2.00 bits per heavy atom. The molecule has 2 unspecified atom stereocenters. The number of hydrogen-bond donors (Lipinski definition) is 3. The summed E-state index contributed by atoms with van der Waals surface area (Å²) in [6.07, 6.45) is -2.67. The minimum atomic E-state index is -1.22. The molecule has 2 atom stereocenters. The van der Waals surface area contributed by atoms with Crippen LogP contribution in [0.3, 0.4) is 0 Å². The maximum Gasteiger partial charge on any atom is 0.220 e. The normalized spacial score (nSPS) is 13.5. The van der Waals surface area contributed by atoms with E-state index >= 15 is 0 Å². The van der Waals surface area contributed by atoms with Gasteiger partial charge in [-0.3, -0.25) is 4.79 Å². The van der Waals surface area contributed by atoms with E-state index in [-0.39, 0.29) is 6.42 Å². The number of nitrogens with two attached hydrogens (primary N) is 1. The minimum Gasteiger partial charge on any atom is -0.390 e. The van der Waals surface area contributed by atoms with Crippen LogP contribution in [0.4, 0.5) is 5.69 Å². The Kier molecular flexibility index (Phi) is 4.93. The van der Waals surface area contributed by atoms with E-state index in [0.717, 1.165) is 0 Å². The maximum absolute atomic E-state index is 10.6. The number of primary amides is 1. The third kappa shape index (κ3) is 4.05. The van der Waals surface area contributed by atoms with Gasteiger partial charge in [0.25, 0.3) is 0 Å². The van der Waals surface area contributed by atoms with Crippen LogP contribution in [0.2, 0.25) is 0 Å². The first kappa shape index (κ1) is 13.5. The Bertz CT molecular complexity index is 441.